The summed E-state index contributed by atoms with van der Waals surface area (Å²) in [6.07, 6.45) is -0.0896. The number of carboxylic acid groups (broad SMARTS) is 1. The zero-order valence-corrected chi connectivity index (χ0v) is 19.1. The number of hydrogen-bond donors (Lipinski definition) is 3. The normalized spacial score (nSPS) is 21.4. The van der Waals surface area contributed by atoms with Crippen LogP contribution in [0.3, 0.4) is 0 Å². The first kappa shape index (κ1) is 22.9. The molecule has 5 rings (SSSR count). The minimum atomic E-state index is -1.28. The fraction of sp³-hybridized carbons (Fsp3) is 0.385. The Balaban J connectivity index is 1.27. The number of nitrogens with zero attached hydrogens (tertiary/aromatic N) is 1. The second-order valence-electron chi connectivity index (χ2n) is 9.21. The summed E-state index contributed by atoms with van der Waals surface area (Å²) in [5.74, 6) is -2.26. The number of amides is 3. The van der Waals surface area contributed by atoms with Crippen LogP contribution >= 0.6 is 0 Å². The first-order valence-electron chi connectivity index (χ1n) is 11.9. The van der Waals surface area contributed by atoms with Gasteiger partial charge in [0.15, 0.2) is 0 Å². The molecule has 35 heavy (non-hydrogen) atoms. The lowest BCUT2D eigenvalue weighted by Gasteiger charge is -2.37. The zero-order valence-electron chi connectivity index (χ0n) is 19.1. The molecule has 3 aliphatic rings. The third-order valence-corrected chi connectivity index (χ3v) is 7.20. The summed E-state index contributed by atoms with van der Waals surface area (Å²) in [7, 11) is 0. The Morgan fingerprint density at radius 3 is 2.40 bits per heavy atom. The molecule has 0 saturated carbocycles. The Hall–Kier alpha value is -3.88. The van der Waals surface area contributed by atoms with Crippen molar-refractivity contribution >= 4 is 23.9 Å². The quantitative estimate of drug-likeness (QED) is 0.585. The van der Waals surface area contributed by atoms with Crippen LogP contribution in [0.2, 0.25) is 0 Å². The third-order valence-electron chi connectivity index (χ3n) is 7.20. The molecule has 9 heteroatoms. The van der Waals surface area contributed by atoms with E-state index in [0.717, 1.165) is 22.3 Å². The number of rotatable bonds is 6. The molecule has 3 N–H and O–H groups in total. The van der Waals surface area contributed by atoms with Crippen molar-refractivity contribution in [2.45, 2.75) is 37.3 Å². The van der Waals surface area contributed by atoms with E-state index in [0.29, 0.717) is 25.9 Å². The average Bonchev–Trinajstić information content (AvgIpc) is 3.39. The van der Waals surface area contributed by atoms with Gasteiger partial charge < -0.3 is 25.4 Å². The predicted octanol–water partition coefficient (Wildman–Crippen LogP) is 2.11. The summed E-state index contributed by atoms with van der Waals surface area (Å²) in [5, 5.41) is 14.6. The van der Waals surface area contributed by atoms with E-state index >= 15 is 0 Å². The maximum atomic E-state index is 13.3. The van der Waals surface area contributed by atoms with Crippen LogP contribution in [0.15, 0.2) is 48.5 Å². The highest BCUT2D eigenvalue weighted by atomic mass is 16.5. The smallest absolute Gasteiger partial charge is 0.407 e. The second kappa shape index (κ2) is 9.40. The molecule has 0 radical (unpaired) electrons. The fourth-order valence-corrected chi connectivity index (χ4v) is 5.58. The van der Waals surface area contributed by atoms with Crippen LogP contribution in [0, 0.1) is 5.92 Å². The van der Waals surface area contributed by atoms with Crippen LogP contribution in [0.25, 0.3) is 11.1 Å². The molecule has 1 aliphatic carbocycles. The first-order chi connectivity index (χ1) is 16.9. The van der Waals surface area contributed by atoms with Crippen molar-refractivity contribution in [2.75, 3.05) is 19.7 Å². The van der Waals surface area contributed by atoms with Gasteiger partial charge in [-0.25, -0.2) is 4.79 Å². The van der Waals surface area contributed by atoms with Crippen molar-refractivity contribution in [3.05, 3.63) is 59.7 Å². The summed E-state index contributed by atoms with van der Waals surface area (Å²) < 4.78 is 5.51. The van der Waals surface area contributed by atoms with E-state index in [4.69, 9.17) is 4.74 Å². The molecule has 3 amide bonds. The standard InChI is InChI=1S/C26H27N3O6/c30-23(31)12-21(25(33)29-11-5-10-19-22(29)13-27-24(19)32)28-26(34)35-14-20-17-8-3-1-6-15(17)16-7-2-4-9-18(16)20/h1-4,6-9,19-22H,5,10-14H2,(H,27,32)(H,28,34)(H,30,31)/t19-,21?,22-/m1/s1. The number of aliphatic carboxylic acids is 1. The molecule has 9 nitrogen and oxygen atoms in total. The summed E-state index contributed by atoms with van der Waals surface area (Å²) in [4.78, 5) is 51.0. The van der Waals surface area contributed by atoms with E-state index in [1.807, 2.05) is 48.5 Å². The molecule has 182 valence electrons. The van der Waals surface area contributed by atoms with Crippen LogP contribution in [0.4, 0.5) is 4.79 Å². The number of benzene rings is 2. The average molecular weight is 478 g/mol. The highest BCUT2D eigenvalue weighted by molar-refractivity contribution is 5.91. The van der Waals surface area contributed by atoms with Crippen LogP contribution in [0.5, 0.6) is 0 Å². The van der Waals surface area contributed by atoms with Gasteiger partial charge in [-0.2, -0.15) is 0 Å². The molecule has 2 aromatic rings. The highest BCUT2D eigenvalue weighted by Gasteiger charge is 2.44. The Morgan fingerprint density at radius 1 is 1.09 bits per heavy atom. The number of hydrogen-bond acceptors (Lipinski definition) is 5. The molecular formula is C26H27N3O6. The van der Waals surface area contributed by atoms with Gasteiger partial charge in [0.1, 0.15) is 12.6 Å². The first-order valence-corrected chi connectivity index (χ1v) is 11.9. The SMILES string of the molecule is O=C(O)CC(NC(=O)OCC1c2ccccc2-c2ccccc21)C(=O)N1CCC[C@H]2C(=O)NC[C@H]21. The van der Waals surface area contributed by atoms with E-state index in [9.17, 15) is 24.3 Å². The molecule has 1 unspecified atom stereocenters. The Bertz CT molecular complexity index is 1140. The maximum Gasteiger partial charge on any atom is 0.407 e. The van der Waals surface area contributed by atoms with Gasteiger partial charge in [0.2, 0.25) is 11.8 Å². The molecule has 2 aliphatic heterocycles. The lowest BCUT2D eigenvalue weighted by Crippen LogP contribution is -2.56. The van der Waals surface area contributed by atoms with Gasteiger partial charge in [0.25, 0.3) is 0 Å². The molecule has 2 aromatic carbocycles. The van der Waals surface area contributed by atoms with Gasteiger partial charge in [0, 0.05) is 19.0 Å². The monoisotopic (exact) mass is 477 g/mol. The van der Waals surface area contributed by atoms with Gasteiger partial charge in [0.05, 0.1) is 18.4 Å². The van der Waals surface area contributed by atoms with E-state index in [2.05, 4.69) is 10.6 Å². The lowest BCUT2D eigenvalue weighted by molar-refractivity contribution is -0.145. The van der Waals surface area contributed by atoms with Crippen molar-refractivity contribution in [1.29, 1.82) is 0 Å². The molecular weight excluding hydrogens is 450 g/mol. The van der Waals surface area contributed by atoms with Crippen LogP contribution in [0.1, 0.15) is 36.3 Å². The molecule has 2 fully saturated rings. The number of nitrogens with one attached hydrogen (secondary N) is 2. The molecule has 2 heterocycles. The van der Waals surface area contributed by atoms with Crippen LogP contribution in [-0.4, -0.2) is 65.7 Å². The highest BCUT2D eigenvalue weighted by Crippen LogP contribution is 2.44. The number of piperidine rings is 1. The summed E-state index contributed by atoms with van der Waals surface area (Å²) in [6, 6.07) is 14.3. The summed E-state index contributed by atoms with van der Waals surface area (Å²) >= 11 is 0. The molecule has 3 atom stereocenters. The van der Waals surface area contributed by atoms with E-state index in [1.54, 1.807) is 0 Å². The van der Waals surface area contributed by atoms with Gasteiger partial charge in [-0.15, -0.1) is 0 Å². The molecule has 0 bridgehead atoms. The van der Waals surface area contributed by atoms with Crippen molar-refractivity contribution < 1.29 is 29.0 Å². The number of ether oxygens (including phenoxy) is 1. The fourth-order valence-electron chi connectivity index (χ4n) is 5.58. The largest absolute Gasteiger partial charge is 0.481 e. The molecule has 2 saturated heterocycles. The number of carbonyl (C=O) groups excluding carboxylic acids is 3. The zero-order chi connectivity index (χ0) is 24.5. The number of alkyl carbamates (subject to hydrolysis) is 1. The van der Waals surface area contributed by atoms with E-state index in [-0.39, 0.29) is 30.4 Å². The van der Waals surface area contributed by atoms with Gasteiger partial charge in [-0.3, -0.25) is 14.4 Å². The number of likely N-dealkylation sites (tertiary alicyclic amines) is 1. The Morgan fingerprint density at radius 2 is 1.74 bits per heavy atom. The van der Waals surface area contributed by atoms with Gasteiger partial charge in [-0.1, -0.05) is 48.5 Å². The summed E-state index contributed by atoms with van der Waals surface area (Å²) in [5.41, 5.74) is 4.29. The van der Waals surface area contributed by atoms with Crippen molar-refractivity contribution in [3.8, 4) is 11.1 Å². The minimum Gasteiger partial charge on any atom is -0.481 e. The predicted molar refractivity (Wildman–Crippen MR) is 125 cm³/mol. The van der Waals surface area contributed by atoms with Crippen molar-refractivity contribution in [1.82, 2.24) is 15.5 Å². The number of carbonyl (C=O) groups is 4. The third kappa shape index (κ3) is 4.34. The van der Waals surface area contributed by atoms with E-state index < -0.39 is 30.4 Å². The number of carboxylic acids is 1. The van der Waals surface area contributed by atoms with Crippen LogP contribution in [-0.2, 0) is 19.1 Å². The lowest BCUT2D eigenvalue weighted by atomic mass is 9.91. The summed E-state index contributed by atoms with van der Waals surface area (Å²) in [6.45, 7) is 0.804. The van der Waals surface area contributed by atoms with Crippen molar-refractivity contribution in [3.63, 3.8) is 0 Å². The Labute approximate surface area is 202 Å². The molecule has 0 aromatic heterocycles. The van der Waals surface area contributed by atoms with E-state index in [1.165, 1.54) is 4.90 Å². The van der Waals surface area contributed by atoms with Crippen molar-refractivity contribution in [2.24, 2.45) is 5.92 Å². The van der Waals surface area contributed by atoms with Gasteiger partial charge in [-0.05, 0) is 35.1 Å². The number of fused-ring (bicyclic) bond motifs is 4. The second-order valence-corrected chi connectivity index (χ2v) is 9.21. The minimum absolute atomic E-state index is 0.0562. The topological polar surface area (TPSA) is 125 Å². The Kier molecular flexibility index (Phi) is 6.15. The van der Waals surface area contributed by atoms with Gasteiger partial charge >= 0.3 is 12.1 Å². The molecule has 0 spiro atoms. The maximum absolute atomic E-state index is 13.3. The van der Waals surface area contributed by atoms with Crippen LogP contribution < -0.4 is 10.6 Å².